The summed E-state index contributed by atoms with van der Waals surface area (Å²) in [6.07, 6.45) is 0. The van der Waals surface area contributed by atoms with Gasteiger partial charge in [0.05, 0.1) is 19.7 Å². The van der Waals surface area contributed by atoms with Crippen molar-refractivity contribution in [1.82, 2.24) is 15.5 Å². The summed E-state index contributed by atoms with van der Waals surface area (Å²) >= 11 is 0. The maximum absolute atomic E-state index is 5.25. The van der Waals surface area contributed by atoms with Gasteiger partial charge < -0.3 is 9.26 Å². The molecule has 24 heavy (non-hydrogen) atoms. The van der Waals surface area contributed by atoms with Crippen LogP contribution in [0.1, 0.15) is 34.4 Å². The zero-order chi connectivity index (χ0) is 16.9. The highest BCUT2D eigenvalue weighted by Gasteiger charge is 2.15. The fraction of sp³-hybridized carbons (Fsp3) is 0.263. The molecule has 1 N–H and O–H groups in total. The van der Waals surface area contributed by atoms with Crippen LogP contribution in [0.5, 0.6) is 5.75 Å². The molecule has 0 saturated heterocycles. The Hall–Kier alpha value is -2.66. The van der Waals surface area contributed by atoms with Crippen LogP contribution >= 0.6 is 0 Å². The Labute approximate surface area is 141 Å². The van der Waals surface area contributed by atoms with Crippen LogP contribution < -0.4 is 10.1 Å². The fourth-order valence-corrected chi connectivity index (χ4v) is 2.58. The van der Waals surface area contributed by atoms with Crippen LogP contribution in [0.25, 0.3) is 0 Å². The van der Waals surface area contributed by atoms with Crippen LogP contribution in [0.4, 0.5) is 0 Å². The Kier molecular flexibility index (Phi) is 4.91. The van der Waals surface area contributed by atoms with E-state index in [1.165, 1.54) is 11.1 Å². The summed E-state index contributed by atoms with van der Waals surface area (Å²) in [6.45, 7) is 4.40. The lowest BCUT2D eigenvalue weighted by molar-refractivity contribution is 0.359. The first-order valence-corrected chi connectivity index (χ1v) is 7.89. The molecule has 0 fully saturated rings. The van der Waals surface area contributed by atoms with Gasteiger partial charge in [-0.25, -0.2) is 0 Å². The van der Waals surface area contributed by atoms with Crippen molar-refractivity contribution < 1.29 is 9.26 Å². The molecule has 1 atom stereocenters. The van der Waals surface area contributed by atoms with Gasteiger partial charge in [0.1, 0.15) is 5.75 Å². The zero-order valence-electron chi connectivity index (χ0n) is 14.1. The highest BCUT2D eigenvalue weighted by atomic mass is 16.5. The van der Waals surface area contributed by atoms with Gasteiger partial charge in [-0.3, -0.25) is 5.32 Å². The Morgan fingerprint density at radius 3 is 2.17 bits per heavy atom. The van der Waals surface area contributed by atoms with E-state index in [9.17, 15) is 0 Å². The van der Waals surface area contributed by atoms with E-state index in [0.717, 1.165) is 11.3 Å². The molecule has 1 heterocycles. The molecule has 3 rings (SSSR count). The quantitative estimate of drug-likeness (QED) is 0.751. The summed E-state index contributed by atoms with van der Waals surface area (Å²) in [6, 6.07) is 16.6. The van der Waals surface area contributed by atoms with Crippen molar-refractivity contribution in [1.29, 1.82) is 0 Å². The number of methoxy groups -OCH3 is 1. The smallest absolute Gasteiger partial charge is 0.240 e. The Morgan fingerprint density at radius 1 is 1.00 bits per heavy atom. The standard InChI is InChI=1S/C19H21N3O2/c1-13-4-6-15(7-5-13)19(16-8-10-17(23-3)11-9-16)20-12-18-21-14(2)22-24-18/h4-11,19-20H,12H2,1-3H3/t19-/m1/s1. The third-order valence-electron chi connectivity index (χ3n) is 3.89. The highest BCUT2D eigenvalue weighted by Crippen LogP contribution is 2.25. The molecule has 0 radical (unpaired) electrons. The molecule has 0 spiro atoms. The van der Waals surface area contributed by atoms with Crippen LogP contribution in [0.3, 0.4) is 0 Å². The third-order valence-corrected chi connectivity index (χ3v) is 3.89. The number of hydrogen-bond acceptors (Lipinski definition) is 5. The van der Waals surface area contributed by atoms with Gasteiger partial charge in [-0.2, -0.15) is 4.98 Å². The van der Waals surface area contributed by atoms with Gasteiger partial charge in [-0.15, -0.1) is 0 Å². The molecular weight excluding hydrogens is 302 g/mol. The highest BCUT2D eigenvalue weighted by molar-refractivity contribution is 5.36. The number of aromatic nitrogens is 2. The van der Waals surface area contributed by atoms with Crippen LogP contribution in [0.15, 0.2) is 53.1 Å². The third kappa shape index (κ3) is 3.81. The van der Waals surface area contributed by atoms with E-state index in [0.29, 0.717) is 18.3 Å². The van der Waals surface area contributed by atoms with Crippen LogP contribution in [-0.2, 0) is 6.54 Å². The first-order valence-electron chi connectivity index (χ1n) is 7.89. The van der Waals surface area contributed by atoms with E-state index in [1.807, 2.05) is 19.1 Å². The van der Waals surface area contributed by atoms with Crippen molar-refractivity contribution in [3.8, 4) is 5.75 Å². The van der Waals surface area contributed by atoms with Gasteiger partial charge >= 0.3 is 0 Å². The average molecular weight is 323 g/mol. The lowest BCUT2D eigenvalue weighted by atomic mass is 9.97. The number of ether oxygens (including phenoxy) is 1. The maximum Gasteiger partial charge on any atom is 0.240 e. The summed E-state index contributed by atoms with van der Waals surface area (Å²) in [5, 5.41) is 7.33. The van der Waals surface area contributed by atoms with Crippen molar-refractivity contribution in [2.75, 3.05) is 7.11 Å². The number of nitrogens with one attached hydrogen (secondary N) is 1. The summed E-state index contributed by atoms with van der Waals surface area (Å²) in [5.74, 6) is 2.06. The van der Waals surface area contributed by atoms with Gasteiger partial charge in [0, 0.05) is 0 Å². The lowest BCUT2D eigenvalue weighted by Crippen LogP contribution is -2.22. The number of rotatable bonds is 6. The molecule has 5 heteroatoms. The molecule has 124 valence electrons. The molecule has 3 aromatic rings. The number of aryl methyl sites for hydroxylation is 2. The van der Waals surface area contributed by atoms with E-state index >= 15 is 0 Å². The fourth-order valence-electron chi connectivity index (χ4n) is 2.58. The Morgan fingerprint density at radius 2 is 1.62 bits per heavy atom. The summed E-state index contributed by atoms with van der Waals surface area (Å²) in [7, 11) is 1.67. The van der Waals surface area contributed by atoms with E-state index in [1.54, 1.807) is 7.11 Å². The second-order valence-corrected chi connectivity index (χ2v) is 5.73. The molecule has 5 nitrogen and oxygen atoms in total. The minimum atomic E-state index is 0.0312. The molecule has 2 aromatic carbocycles. The Bertz CT molecular complexity index is 779. The summed E-state index contributed by atoms with van der Waals surface area (Å²) in [4.78, 5) is 4.25. The normalized spacial score (nSPS) is 12.1. The van der Waals surface area contributed by atoms with Crippen molar-refractivity contribution in [2.45, 2.75) is 26.4 Å². The van der Waals surface area contributed by atoms with E-state index < -0.39 is 0 Å². The second kappa shape index (κ2) is 7.27. The van der Waals surface area contributed by atoms with Gasteiger partial charge in [0.15, 0.2) is 5.82 Å². The molecule has 0 aliphatic heterocycles. The first kappa shape index (κ1) is 16.2. The lowest BCUT2D eigenvalue weighted by Gasteiger charge is -2.19. The maximum atomic E-state index is 5.25. The van der Waals surface area contributed by atoms with E-state index in [4.69, 9.17) is 9.26 Å². The molecule has 0 bridgehead atoms. The molecule has 0 saturated carbocycles. The van der Waals surface area contributed by atoms with Crippen molar-refractivity contribution in [2.24, 2.45) is 0 Å². The second-order valence-electron chi connectivity index (χ2n) is 5.73. The largest absolute Gasteiger partial charge is 0.497 e. The molecule has 0 unspecified atom stereocenters. The van der Waals surface area contributed by atoms with E-state index in [-0.39, 0.29) is 6.04 Å². The Balaban J connectivity index is 1.85. The molecule has 0 aliphatic carbocycles. The summed E-state index contributed by atoms with van der Waals surface area (Å²) < 4.78 is 10.4. The van der Waals surface area contributed by atoms with Gasteiger partial charge in [-0.1, -0.05) is 47.1 Å². The van der Waals surface area contributed by atoms with Crippen molar-refractivity contribution in [3.05, 3.63) is 76.9 Å². The SMILES string of the molecule is COc1ccc([C@H](NCc2nc(C)no2)c2ccc(C)cc2)cc1. The van der Waals surface area contributed by atoms with Gasteiger partial charge in [0.2, 0.25) is 5.89 Å². The molecule has 0 aliphatic rings. The minimum Gasteiger partial charge on any atom is -0.497 e. The molecular formula is C19H21N3O2. The van der Waals surface area contributed by atoms with Crippen molar-refractivity contribution in [3.63, 3.8) is 0 Å². The zero-order valence-corrected chi connectivity index (χ0v) is 14.1. The predicted molar refractivity (Wildman–Crippen MR) is 91.9 cm³/mol. The molecule has 0 amide bonds. The number of nitrogens with zero attached hydrogens (tertiary/aromatic N) is 2. The first-order chi connectivity index (χ1) is 11.7. The van der Waals surface area contributed by atoms with Crippen LogP contribution in [0.2, 0.25) is 0 Å². The molecule has 1 aromatic heterocycles. The number of hydrogen-bond donors (Lipinski definition) is 1. The van der Waals surface area contributed by atoms with Crippen LogP contribution in [-0.4, -0.2) is 17.3 Å². The van der Waals surface area contributed by atoms with Crippen LogP contribution in [0, 0.1) is 13.8 Å². The summed E-state index contributed by atoms with van der Waals surface area (Å²) in [5.41, 5.74) is 3.57. The van der Waals surface area contributed by atoms with Crippen molar-refractivity contribution >= 4 is 0 Å². The predicted octanol–water partition coefficient (Wildman–Crippen LogP) is 3.57. The topological polar surface area (TPSA) is 60.2 Å². The van der Waals surface area contributed by atoms with Gasteiger partial charge in [0.25, 0.3) is 0 Å². The van der Waals surface area contributed by atoms with E-state index in [2.05, 4.69) is 58.8 Å². The number of benzene rings is 2. The minimum absolute atomic E-state index is 0.0312. The average Bonchev–Trinajstić information content (AvgIpc) is 3.02. The monoisotopic (exact) mass is 323 g/mol. The van der Waals surface area contributed by atoms with Gasteiger partial charge in [-0.05, 0) is 37.1 Å².